The maximum atomic E-state index is 12.4. The predicted molar refractivity (Wildman–Crippen MR) is 110 cm³/mol. The molecule has 2 unspecified atom stereocenters. The van der Waals surface area contributed by atoms with E-state index >= 15 is 0 Å². The minimum Gasteiger partial charge on any atom is -0.481 e. The number of benzene rings is 2. The average molecular weight is 383 g/mol. The van der Waals surface area contributed by atoms with Gasteiger partial charge in [-0.05, 0) is 62.7 Å². The molecule has 2 N–H and O–H groups in total. The fraction of sp³-hybridized carbons (Fsp3) is 0.455. The minimum absolute atomic E-state index is 0.201. The third kappa shape index (κ3) is 5.23. The summed E-state index contributed by atoms with van der Waals surface area (Å²) in [6.45, 7) is 5.38. The molecule has 0 aliphatic carbocycles. The number of hydrazine groups is 1. The van der Waals surface area contributed by atoms with Gasteiger partial charge in [0.05, 0.1) is 6.04 Å². The standard InChI is InChI=1S/C22H29N3O3/c1-16(25-13-7-3-4-8-14-25)21(26)23-24-22(27)17(2)28-20-12-11-18-9-5-6-10-19(18)15-20/h5-6,9-12,15-17H,3-4,7-8,13-14H2,1-2H3,(H,23,26)(H,24,27). The molecule has 1 aliphatic heterocycles. The molecule has 0 spiro atoms. The van der Waals surface area contributed by atoms with Gasteiger partial charge < -0.3 is 4.74 Å². The summed E-state index contributed by atoms with van der Waals surface area (Å²) in [4.78, 5) is 26.9. The SMILES string of the molecule is CC(Oc1ccc2ccccc2c1)C(=O)NNC(=O)C(C)N1CCCCCC1. The molecule has 0 radical (unpaired) electrons. The number of hydrogen-bond donors (Lipinski definition) is 2. The van der Waals surface area contributed by atoms with Gasteiger partial charge in [-0.25, -0.2) is 0 Å². The van der Waals surface area contributed by atoms with Crippen molar-refractivity contribution in [1.29, 1.82) is 0 Å². The topological polar surface area (TPSA) is 70.7 Å². The molecule has 0 bridgehead atoms. The van der Waals surface area contributed by atoms with Gasteiger partial charge in [-0.3, -0.25) is 25.3 Å². The van der Waals surface area contributed by atoms with Crippen LogP contribution in [-0.4, -0.2) is 41.9 Å². The highest BCUT2D eigenvalue weighted by Crippen LogP contribution is 2.21. The fourth-order valence-electron chi connectivity index (χ4n) is 3.48. The van der Waals surface area contributed by atoms with E-state index in [-0.39, 0.29) is 17.9 Å². The quantitative estimate of drug-likeness (QED) is 0.779. The summed E-state index contributed by atoms with van der Waals surface area (Å²) in [5.41, 5.74) is 5.02. The van der Waals surface area contributed by atoms with E-state index < -0.39 is 6.10 Å². The van der Waals surface area contributed by atoms with Crippen molar-refractivity contribution in [2.45, 2.75) is 51.7 Å². The molecule has 1 fully saturated rings. The second-order valence-electron chi connectivity index (χ2n) is 7.37. The third-order valence-corrected chi connectivity index (χ3v) is 5.28. The van der Waals surface area contributed by atoms with Gasteiger partial charge in [-0.15, -0.1) is 0 Å². The van der Waals surface area contributed by atoms with Crippen molar-refractivity contribution in [3.8, 4) is 5.75 Å². The molecule has 1 aliphatic rings. The second-order valence-corrected chi connectivity index (χ2v) is 7.37. The van der Waals surface area contributed by atoms with E-state index in [0.717, 1.165) is 36.7 Å². The zero-order valence-electron chi connectivity index (χ0n) is 16.6. The third-order valence-electron chi connectivity index (χ3n) is 5.28. The lowest BCUT2D eigenvalue weighted by Gasteiger charge is -2.26. The molecule has 150 valence electrons. The van der Waals surface area contributed by atoms with Crippen molar-refractivity contribution >= 4 is 22.6 Å². The Morgan fingerprint density at radius 1 is 0.893 bits per heavy atom. The molecule has 2 aromatic rings. The van der Waals surface area contributed by atoms with Crippen LogP contribution in [0.25, 0.3) is 10.8 Å². The van der Waals surface area contributed by atoms with E-state index in [2.05, 4.69) is 15.8 Å². The highest BCUT2D eigenvalue weighted by Gasteiger charge is 2.23. The van der Waals surface area contributed by atoms with Crippen LogP contribution >= 0.6 is 0 Å². The normalized spacial score (nSPS) is 17.4. The average Bonchev–Trinajstić information content (AvgIpc) is 3.00. The maximum absolute atomic E-state index is 12.4. The van der Waals surface area contributed by atoms with Crippen LogP contribution in [-0.2, 0) is 9.59 Å². The van der Waals surface area contributed by atoms with Gasteiger partial charge in [0.2, 0.25) is 0 Å². The number of carbonyl (C=O) groups excluding carboxylic acids is 2. The lowest BCUT2D eigenvalue weighted by molar-refractivity contribution is -0.134. The largest absolute Gasteiger partial charge is 0.481 e. The number of rotatable bonds is 5. The number of fused-ring (bicyclic) bond motifs is 1. The number of nitrogens with one attached hydrogen (secondary N) is 2. The van der Waals surface area contributed by atoms with Gasteiger partial charge in [0.1, 0.15) is 5.75 Å². The van der Waals surface area contributed by atoms with E-state index in [1.165, 1.54) is 12.8 Å². The molecule has 6 heteroatoms. The summed E-state index contributed by atoms with van der Waals surface area (Å²) in [7, 11) is 0. The summed E-state index contributed by atoms with van der Waals surface area (Å²) in [5.74, 6) is 0.0309. The van der Waals surface area contributed by atoms with E-state index in [0.29, 0.717) is 5.75 Å². The molecular weight excluding hydrogens is 354 g/mol. The second kappa shape index (κ2) is 9.55. The van der Waals surface area contributed by atoms with Crippen molar-refractivity contribution < 1.29 is 14.3 Å². The van der Waals surface area contributed by atoms with Crippen molar-refractivity contribution in [3.63, 3.8) is 0 Å². The van der Waals surface area contributed by atoms with E-state index in [9.17, 15) is 9.59 Å². The molecule has 0 aromatic heterocycles. The van der Waals surface area contributed by atoms with Crippen molar-refractivity contribution in [2.24, 2.45) is 0 Å². The molecular formula is C22H29N3O3. The number of carbonyl (C=O) groups is 2. The lowest BCUT2D eigenvalue weighted by Crippen LogP contribution is -2.53. The predicted octanol–water partition coefficient (Wildman–Crippen LogP) is 3.02. The first-order chi connectivity index (χ1) is 13.5. The van der Waals surface area contributed by atoms with E-state index in [4.69, 9.17) is 4.74 Å². The van der Waals surface area contributed by atoms with Gasteiger partial charge >= 0.3 is 0 Å². The van der Waals surface area contributed by atoms with Crippen molar-refractivity contribution in [3.05, 3.63) is 42.5 Å². The first-order valence-electron chi connectivity index (χ1n) is 10.0. The zero-order valence-corrected chi connectivity index (χ0v) is 16.6. The van der Waals surface area contributed by atoms with Crippen LogP contribution in [0.4, 0.5) is 0 Å². The zero-order chi connectivity index (χ0) is 19.9. The van der Waals surface area contributed by atoms with Gasteiger partial charge in [0.25, 0.3) is 11.8 Å². The van der Waals surface area contributed by atoms with E-state index in [1.54, 1.807) is 6.92 Å². The van der Waals surface area contributed by atoms with Gasteiger partial charge in [-0.1, -0.05) is 43.2 Å². The Morgan fingerprint density at radius 3 is 2.25 bits per heavy atom. The maximum Gasteiger partial charge on any atom is 0.279 e. The summed E-state index contributed by atoms with van der Waals surface area (Å²) >= 11 is 0. The monoisotopic (exact) mass is 383 g/mol. The van der Waals surface area contributed by atoms with Crippen LogP contribution < -0.4 is 15.6 Å². The van der Waals surface area contributed by atoms with Crippen molar-refractivity contribution in [2.75, 3.05) is 13.1 Å². The summed E-state index contributed by atoms with van der Waals surface area (Å²) in [6.07, 6.45) is 3.92. The number of amides is 2. The van der Waals surface area contributed by atoms with Gasteiger partial charge in [0, 0.05) is 0 Å². The highest BCUT2D eigenvalue weighted by atomic mass is 16.5. The van der Waals surface area contributed by atoms with Crippen molar-refractivity contribution in [1.82, 2.24) is 15.8 Å². The van der Waals surface area contributed by atoms with Crippen LogP contribution in [0.2, 0.25) is 0 Å². The first-order valence-corrected chi connectivity index (χ1v) is 10.0. The van der Waals surface area contributed by atoms with Crippen LogP contribution in [0.15, 0.2) is 42.5 Å². The molecule has 0 saturated carbocycles. The van der Waals surface area contributed by atoms with Crippen LogP contribution in [0.3, 0.4) is 0 Å². The molecule has 6 nitrogen and oxygen atoms in total. The Bertz CT molecular complexity index is 816. The van der Waals surface area contributed by atoms with Gasteiger partial charge in [-0.2, -0.15) is 0 Å². The molecule has 3 rings (SSSR count). The summed E-state index contributed by atoms with van der Waals surface area (Å²) in [5, 5.41) is 2.16. The lowest BCUT2D eigenvalue weighted by atomic mass is 10.1. The molecule has 2 aromatic carbocycles. The number of hydrogen-bond acceptors (Lipinski definition) is 4. The van der Waals surface area contributed by atoms with Gasteiger partial charge in [0.15, 0.2) is 6.10 Å². The summed E-state index contributed by atoms with van der Waals surface area (Å²) < 4.78 is 5.74. The smallest absolute Gasteiger partial charge is 0.279 e. The van der Waals surface area contributed by atoms with Crippen LogP contribution in [0.1, 0.15) is 39.5 Å². The molecule has 2 atom stereocenters. The summed E-state index contributed by atoms with van der Waals surface area (Å²) in [6, 6.07) is 13.4. The number of nitrogens with zero attached hydrogens (tertiary/aromatic N) is 1. The molecule has 28 heavy (non-hydrogen) atoms. The minimum atomic E-state index is -0.727. The molecule has 2 amide bonds. The Balaban J connectivity index is 1.49. The Labute approximate surface area is 166 Å². The molecule has 1 heterocycles. The number of likely N-dealkylation sites (tertiary alicyclic amines) is 1. The van der Waals surface area contributed by atoms with Crippen LogP contribution in [0.5, 0.6) is 5.75 Å². The number of ether oxygens (including phenoxy) is 1. The highest BCUT2D eigenvalue weighted by molar-refractivity contribution is 5.87. The fourth-order valence-corrected chi connectivity index (χ4v) is 3.48. The molecule has 1 saturated heterocycles. The first kappa shape index (κ1) is 20.1. The Morgan fingerprint density at radius 2 is 1.54 bits per heavy atom. The van der Waals surface area contributed by atoms with E-state index in [1.807, 2.05) is 49.4 Å². The Hall–Kier alpha value is -2.60. The Kier molecular flexibility index (Phi) is 6.87. The van der Waals surface area contributed by atoms with Crippen LogP contribution in [0, 0.1) is 0 Å².